The van der Waals surface area contributed by atoms with Crippen LogP contribution in [0.1, 0.15) is 11.1 Å². The van der Waals surface area contributed by atoms with Gasteiger partial charge in [0.05, 0.1) is 11.9 Å². The first-order valence-electron chi connectivity index (χ1n) is 5.55. The Bertz CT molecular complexity index is 442. The second kappa shape index (κ2) is 4.94. The van der Waals surface area contributed by atoms with E-state index in [1.807, 2.05) is 13.2 Å². The van der Waals surface area contributed by atoms with Crippen LogP contribution in [0.5, 0.6) is 0 Å². The fourth-order valence-corrected chi connectivity index (χ4v) is 1.73. The molecule has 16 heavy (non-hydrogen) atoms. The van der Waals surface area contributed by atoms with Crippen LogP contribution in [-0.4, -0.2) is 23.8 Å². The van der Waals surface area contributed by atoms with E-state index in [0.717, 1.165) is 18.7 Å². The molecule has 3 heteroatoms. The Balaban J connectivity index is 2.26. The Hall–Kier alpha value is -1.61. The first-order valence-corrected chi connectivity index (χ1v) is 5.55. The molecule has 0 aliphatic carbocycles. The molecule has 2 aromatic rings. The molecule has 0 fully saturated rings. The second-order valence-corrected chi connectivity index (χ2v) is 3.99. The van der Waals surface area contributed by atoms with Crippen molar-refractivity contribution in [2.24, 2.45) is 0 Å². The number of nitrogens with zero attached hydrogens (tertiary/aromatic N) is 1. The van der Waals surface area contributed by atoms with E-state index in [9.17, 15) is 0 Å². The molecule has 0 amide bonds. The predicted octanol–water partition coefficient (Wildman–Crippen LogP) is 2.15. The van der Waals surface area contributed by atoms with Crippen LogP contribution in [0.4, 0.5) is 0 Å². The van der Waals surface area contributed by atoms with Crippen LogP contribution in [0, 0.1) is 6.92 Å². The zero-order chi connectivity index (χ0) is 11.4. The molecule has 0 aliphatic heterocycles. The van der Waals surface area contributed by atoms with E-state index in [4.69, 9.17) is 0 Å². The van der Waals surface area contributed by atoms with Crippen molar-refractivity contribution in [2.45, 2.75) is 13.3 Å². The average Bonchev–Trinajstić information content (AvgIpc) is 2.75. The van der Waals surface area contributed by atoms with Crippen LogP contribution >= 0.6 is 0 Å². The van der Waals surface area contributed by atoms with Gasteiger partial charge in [0.1, 0.15) is 0 Å². The van der Waals surface area contributed by atoms with Crippen LogP contribution in [0.3, 0.4) is 0 Å². The molecular weight excluding hydrogens is 198 g/mol. The monoisotopic (exact) mass is 215 g/mol. The topological polar surface area (TPSA) is 40.7 Å². The lowest BCUT2D eigenvalue weighted by Crippen LogP contribution is -2.10. The maximum absolute atomic E-state index is 4.12. The number of aryl methyl sites for hydroxylation is 1. The molecule has 1 aromatic carbocycles. The third-order valence-corrected chi connectivity index (χ3v) is 2.70. The Morgan fingerprint density at radius 3 is 2.69 bits per heavy atom. The summed E-state index contributed by atoms with van der Waals surface area (Å²) in [6.45, 7) is 3.07. The van der Waals surface area contributed by atoms with E-state index in [1.54, 1.807) is 0 Å². The summed E-state index contributed by atoms with van der Waals surface area (Å²) in [5.41, 5.74) is 4.88. The summed E-state index contributed by atoms with van der Waals surface area (Å²) in [5.74, 6) is 0. The highest BCUT2D eigenvalue weighted by Gasteiger charge is 2.06. The number of H-pyrrole nitrogens is 1. The fourth-order valence-electron chi connectivity index (χ4n) is 1.73. The summed E-state index contributed by atoms with van der Waals surface area (Å²) in [6, 6.07) is 8.51. The third kappa shape index (κ3) is 2.31. The summed E-state index contributed by atoms with van der Waals surface area (Å²) in [4.78, 5) is 0. The van der Waals surface area contributed by atoms with E-state index in [-0.39, 0.29) is 0 Å². The van der Waals surface area contributed by atoms with Gasteiger partial charge < -0.3 is 5.32 Å². The van der Waals surface area contributed by atoms with Gasteiger partial charge in [-0.2, -0.15) is 5.10 Å². The fraction of sp³-hybridized carbons (Fsp3) is 0.308. The van der Waals surface area contributed by atoms with Gasteiger partial charge in [-0.15, -0.1) is 0 Å². The average molecular weight is 215 g/mol. The molecule has 0 saturated heterocycles. The van der Waals surface area contributed by atoms with Gasteiger partial charge in [-0.1, -0.05) is 29.8 Å². The van der Waals surface area contributed by atoms with Crippen molar-refractivity contribution < 1.29 is 0 Å². The van der Waals surface area contributed by atoms with Crippen molar-refractivity contribution >= 4 is 0 Å². The predicted molar refractivity (Wildman–Crippen MR) is 66.4 cm³/mol. The number of hydrogen-bond donors (Lipinski definition) is 2. The first-order chi connectivity index (χ1) is 7.81. The quantitative estimate of drug-likeness (QED) is 0.820. The Morgan fingerprint density at radius 2 is 2.00 bits per heavy atom. The molecule has 2 N–H and O–H groups in total. The Kier molecular flexibility index (Phi) is 3.37. The van der Waals surface area contributed by atoms with Gasteiger partial charge in [0, 0.05) is 0 Å². The maximum Gasteiger partial charge on any atom is 0.0682 e. The highest BCUT2D eigenvalue weighted by atomic mass is 15.1. The minimum absolute atomic E-state index is 0.971. The maximum atomic E-state index is 4.12. The van der Waals surface area contributed by atoms with Gasteiger partial charge in [0.2, 0.25) is 0 Å². The van der Waals surface area contributed by atoms with Crippen LogP contribution in [0.25, 0.3) is 11.3 Å². The largest absolute Gasteiger partial charge is 0.319 e. The standard InChI is InChI=1S/C13H17N3/c1-10-3-5-11(6-4-10)13-12(7-8-14-2)9-15-16-13/h3-6,9,14H,7-8H2,1-2H3,(H,15,16). The van der Waals surface area contributed by atoms with Crippen molar-refractivity contribution in [2.75, 3.05) is 13.6 Å². The molecule has 1 aromatic heterocycles. The molecule has 0 aliphatic rings. The van der Waals surface area contributed by atoms with E-state index >= 15 is 0 Å². The lowest BCUT2D eigenvalue weighted by atomic mass is 10.0. The minimum atomic E-state index is 0.971. The Labute approximate surface area is 95.9 Å². The molecular formula is C13H17N3. The van der Waals surface area contributed by atoms with Gasteiger partial charge in [-0.05, 0) is 38.1 Å². The molecule has 0 radical (unpaired) electrons. The highest BCUT2D eigenvalue weighted by molar-refractivity contribution is 5.62. The summed E-state index contributed by atoms with van der Waals surface area (Å²) in [7, 11) is 1.96. The van der Waals surface area contributed by atoms with Crippen molar-refractivity contribution in [3.63, 3.8) is 0 Å². The number of nitrogens with one attached hydrogen (secondary N) is 2. The molecule has 0 bridgehead atoms. The van der Waals surface area contributed by atoms with Gasteiger partial charge in [-0.3, -0.25) is 5.10 Å². The van der Waals surface area contributed by atoms with Crippen LogP contribution in [0.2, 0.25) is 0 Å². The highest BCUT2D eigenvalue weighted by Crippen LogP contribution is 2.21. The van der Waals surface area contributed by atoms with Crippen LogP contribution < -0.4 is 5.32 Å². The molecule has 1 heterocycles. The molecule has 3 nitrogen and oxygen atoms in total. The van der Waals surface area contributed by atoms with Gasteiger partial charge >= 0.3 is 0 Å². The van der Waals surface area contributed by atoms with E-state index in [0.29, 0.717) is 0 Å². The summed E-state index contributed by atoms with van der Waals surface area (Å²) in [5, 5.41) is 10.3. The van der Waals surface area contributed by atoms with Crippen molar-refractivity contribution in [1.82, 2.24) is 15.5 Å². The third-order valence-electron chi connectivity index (χ3n) is 2.70. The second-order valence-electron chi connectivity index (χ2n) is 3.99. The first kappa shape index (κ1) is 10.9. The molecule has 2 rings (SSSR count). The van der Waals surface area contributed by atoms with Gasteiger partial charge in [-0.25, -0.2) is 0 Å². The lowest BCUT2D eigenvalue weighted by molar-refractivity contribution is 0.793. The minimum Gasteiger partial charge on any atom is -0.319 e. The molecule has 0 atom stereocenters. The van der Waals surface area contributed by atoms with E-state index in [1.165, 1.54) is 16.7 Å². The zero-order valence-corrected chi connectivity index (χ0v) is 9.75. The SMILES string of the molecule is CNCCc1cn[nH]c1-c1ccc(C)cc1. The van der Waals surface area contributed by atoms with Crippen LogP contribution in [-0.2, 0) is 6.42 Å². The number of aromatic amines is 1. The molecule has 0 saturated carbocycles. The van der Waals surface area contributed by atoms with E-state index < -0.39 is 0 Å². The van der Waals surface area contributed by atoms with Crippen molar-refractivity contribution in [1.29, 1.82) is 0 Å². The zero-order valence-electron chi connectivity index (χ0n) is 9.75. The normalized spacial score (nSPS) is 10.6. The molecule has 0 unspecified atom stereocenters. The molecule has 0 spiro atoms. The number of hydrogen-bond acceptors (Lipinski definition) is 2. The summed E-state index contributed by atoms with van der Waals surface area (Å²) in [6.07, 6.45) is 2.91. The summed E-state index contributed by atoms with van der Waals surface area (Å²) < 4.78 is 0. The smallest absolute Gasteiger partial charge is 0.0682 e. The van der Waals surface area contributed by atoms with Gasteiger partial charge in [0.25, 0.3) is 0 Å². The molecule has 84 valence electrons. The number of aromatic nitrogens is 2. The number of rotatable bonds is 4. The van der Waals surface area contributed by atoms with Crippen molar-refractivity contribution in [3.8, 4) is 11.3 Å². The van der Waals surface area contributed by atoms with Crippen molar-refractivity contribution in [3.05, 3.63) is 41.6 Å². The summed E-state index contributed by atoms with van der Waals surface area (Å²) >= 11 is 0. The number of likely N-dealkylation sites (N-methyl/N-ethyl adjacent to an activating group) is 1. The van der Waals surface area contributed by atoms with Crippen LogP contribution in [0.15, 0.2) is 30.5 Å². The lowest BCUT2D eigenvalue weighted by Gasteiger charge is -2.03. The van der Waals surface area contributed by atoms with E-state index in [2.05, 4.69) is 46.7 Å². The Morgan fingerprint density at radius 1 is 1.25 bits per heavy atom. The van der Waals surface area contributed by atoms with Gasteiger partial charge in [0.15, 0.2) is 0 Å². The number of benzene rings is 1.